The summed E-state index contributed by atoms with van der Waals surface area (Å²) in [4.78, 5) is 18.1. The molecule has 0 amide bonds. The molecule has 2 aromatic rings. The molecule has 0 fully saturated rings. The van der Waals surface area contributed by atoms with Gasteiger partial charge in [-0.25, -0.2) is 4.79 Å². The van der Waals surface area contributed by atoms with Crippen molar-refractivity contribution in [2.24, 2.45) is 0 Å². The molecular weight excluding hydrogens is 204 g/mol. The van der Waals surface area contributed by atoms with Gasteiger partial charge in [0.25, 0.3) is 0 Å². The molecule has 0 spiro atoms. The van der Waals surface area contributed by atoms with E-state index >= 15 is 0 Å². The Morgan fingerprint density at radius 3 is 3.06 bits per heavy atom. The number of nitrogens with one attached hydrogen (secondary N) is 1. The van der Waals surface area contributed by atoms with E-state index in [1.54, 1.807) is 18.5 Å². The molecule has 0 atom stereocenters. The number of aromatic amines is 1. The van der Waals surface area contributed by atoms with E-state index in [0.29, 0.717) is 5.69 Å². The minimum Gasteiger partial charge on any atom is -0.464 e. The molecule has 16 heavy (non-hydrogen) atoms. The molecule has 0 unspecified atom stereocenters. The SMILES string of the molecule is COC(=O)c1cc(Cc2cccnc2)c[nH]1. The summed E-state index contributed by atoms with van der Waals surface area (Å²) in [5.41, 5.74) is 2.62. The molecule has 4 nitrogen and oxygen atoms in total. The summed E-state index contributed by atoms with van der Waals surface area (Å²) in [6, 6.07) is 5.68. The lowest BCUT2D eigenvalue weighted by Crippen LogP contribution is -2.00. The highest BCUT2D eigenvalue weighted by Crippen LogP contribution is 2.10. The number of H-pyrrole nitrogens is 1. The predicted octanol–water partition coefficient (Wildman–Crippen LogP) is 1.79. The van der Waals surface area contributed by atoms with Crippen LogP contribution in [0.5, 0.6) is 0 Å². The van der Waals surface area contributed by atoms with E-state index in [-0.39, 0.29) is 5.97 Å². The highest BCUT2D eigenvalue weighted by atomic mass is 16.5. The Morgan fingerprint density at radius 1 is 1.50 bits per heavy atom. The molecule has 2 rings (SSSR count). The molecule has 4 heteroatoms. The van der Waals surface area contributed by atoms with Gasteiger partial charge in [0.1, 0.15) is 5.69 Å². The maximum absolute atomic E-state index is 11.2. The average molecular weight is 216 g/mol. The number of ether oxygens (including phenoxy) is 1. The van der Waals surface area contributed by atoms with Crippen molar-refractivity contribution in [1.82, 2.24) is 9.97 Å². The fourth-order valence-electron chi connectivity index (χ4n) is 1.51. The summed E-state index contributed by atoms with van der Waals surface area (Å²) in [6.45, 7) is 0. The number of pyridine rings is 1. The number of nitrogens with zero attached hydrogens (tertiary/aromatic N) is 1. The Kier molecular flexibility index (Phi) is 3.00. The maximum atomic E-state index is 11.2. The van der Waals surface area contributed by atoms with Crippen LogP contribution in [0.25, 0.3) is 0 Å². The van der Waals surface area contributed by atoms with Crippen molar-refractivity contribution in [3.63, 3.8) is 0 Å². The van der Waals surface area contributed by atoms with Gasteiger partial charge in [-0.3, -0.25) is 4.98 Å². The molecule has 1 N–H and O–H groups in total. The smallest absolute Gasteiger partial charge is 0.354 e. The van der Waals surface area contributed by atoms with Crippen molar-refractivity contribution < 1.29 is 9.53 Å². The van der Waals surface area contributed by atoms with E-state index < -0.39 is 0 Å². The van der Waals surface area contributed by atoms with Crippen molar-refractivity contribution in [3.05, 3.63) is 53.6 Å². The molecule has 0 bridgehead atoms. The molecule has 2 heterocycles. The quantitative estimate of drug-likeness (QED) is 0.796. The summed E-state index contributed by atoms with van der Waals surface area (Å²) >= 11 is 0. The number of hydrogen-bond donors (Lipinski definition) is 1. The third-order valence-corrected chi connectivity index (χ3v) is 2.28. The van der Waals surface area contributed by atoms with Gasteiger partial charge in [0, 0.05) is 25.0 Å². The summed E-state index contributed by atoms with van der Waals surface area (Å²) in [5, 5.41) is 0. The number of aromatic nitrogens is 2. The van der Waals surface area contributed by atoms with Gasteiger partial charge in [0.2, 0.25) is 0 Å². The van der Waals surface area contributed by atoms with E-state index in [0.717, 1.165) is 17.5 Å². The van der Waals surface area contributed by atoms with Gasteiger partial charge >= 0.3 is 5.97 Å². The minimum absolute atomic E-state index is 0.350. The number of methoxy groups -OCH3 is 1. The molecule has 0 radical (unpaired) electrons. The Morgan fingerprint density at radius 2 is 2.38 bits per heavy atom. The van der Waals surface area contributed by atoms with Gasteiger partial charge in [-0.1, -0.05) is 6.07 Å². The monoisotopic (exact) mass is 216 g/mol. The topological polar surface area (TPSA) is 55.0 Å². The number of carbonyl (C=O) groups excluding carboxylic acids is 1. The van der Waals surface area contributed by atoms with E-state index in [1.165, 1.54) is 7.11 Å². The molecule has 0 aliphatic heterocycles. The van der Waals surface area contributed by atoms with Gasteiger partial charge in [0.15, 0.2) is 0 Å². The van der Waals surface area contributed by atoms with Crippen molar-refractivity contribution in [2.75, 3.05) is 7.11 Å². The predicted molar refractivity (Wildman–Crippen MR) is 59.2 cm³/mol. The minimum atomic E-state index is -0.350. The maximum Gasteiger partial charge on any atom is 0.354 e. The Bertz CT molecular complexity index is 477. The van der Waals surface area contributed by atoms with Gasteiger partial charge in [-0.2, -0.15) is 0 Å². The summed E-state index contributed by atoms with van der Waals surface area (Å²) in [7, 11) is 1.37. The lowest BCUT2D eigenvalue weighted by molar-refractivity contribution is 0.0595. The number of hydrogen-bond acceptors (Lipinski definition) is 3. The van der Waals surface area contributed by atoms with E-state index in [2.05, 4.69) is 14.7 Å². The van der Waals surface area contributed by atoms with Crippen LogP contribution in [-0.4, -0.2) is 23.0 Å². The molecule has 2 aromatic heterocycles. The van der Waals surface area contributed by atoms with E-state index in [4.69, 9.17) is 0 Å². The van der Waals surface area contributed by atoms with Crippen LogP contribution >= 0.6 is 0 Å². The fourth-order valence-corrected chi connectivity index (χ4v) is 1.51. The van der Waals surface area contributed by atoms with Crippen molar-refractivity contribution in [3.8, 4) is 0 Å². The zero-order chi connectivity index (χ0) is 11.4. The lowest BCUT2D eigenvalue weighted by Gasteiger charge is -1.96. The van der Waals surface area contributed by atoms with Crippen LogP contribution in [0.1, 0.15) is 21.6 Å². The molecule has 0 aliphatic carbocycles. The Balaban J connectivity index is 2.12. The fraction of sp³-hybridized carbons (Fsp3) is 0.167. The van der Waals surface area contributed by atoms with Gasteiger partial charge in [-0.05, 0) is 23.3 Å². The molecule has 82 valence electrons. The first kappa shape index (κ1) is 10.4. The molecule has 0 aliphatic rings. The Hall–Kier alpha value is -2.10. The third-order valence-electron chi connectivity index (χ3n) is 2.28. The van der Waals surface area contributed by atoms with Crippen LogP contribution in [0, 0.1) is 0 Å². The zero-order valence-corrected chi connectivity index (χ0v) is 8.93. The second-order valence-corrected chi connectivity index (χ2v) is 3.45. The first-order valence-electron chi connectivity index (χ1n) is 4.94. The van der Waals surface area contributed by atoms with Crippen LogP contribution < -0.4 is 0 Å². The number of rotatable bonds is 3. The summed E-state index contributed by atoms with van der Waals surface area (Å²) in [6.07, 6.45) is 6.10. The molecule has 0 aromatic carbocycles. The van der Waals surface area contributed by atoms with Gasteiger partial charge in [-0.15, -0.1) is 0 Å². The van der Waals surface area contributed by atoms with Crippen molar-refractivity contribution >= 4 is 5.97 Å². The van der Waals surface area contributed by atoms with Crippen LogP contribution in [0.2, 0.25) is 0 Å². The second-order valence-electron chi connectivity index (χ2n) is 3.45. The second kappa shape index (κ2) is 4.61. The first-order valence-corrected chi connectivity index (χ1v) is 4.94. The standard InChI is InChI=1S/C12H12N2O2/c1-16-12(15)11-6-10(8-14-11)5-9-3-2-4-13-7-9/h2-4,6-8,14H,5H2,1H3. The van der Waals surface area contributed by atoms with E-state index in [9.17, 15) is 4.79 Å². The van der Waals surface area contributed by atoms with Gasteiger partial charge < -0.3 is 9.72 Å². The van der Waals surface area contributed by atoms with Crippen LogP contribution in [0.3, 0.4) is 0 Å². The van der Waals surface area contributed by atoms with Crippen LogP contribution in [-0.2, 0) is 11.2 Å². The first-order chi connectivity index (χ1) is 7.79. The van der Waals surface area contributed by atoms with Crippen LogP contribution in [0.15, 0.2) is 36.8 Å². The molecule has 0 saturated carbocycles. The molecular formula is C12H12N2O2. The summed E-state index contributed by atoms with van der Waals surface area (Å²) in [5.74, 6) is -0.350. The lowest BCUT2D eigenvalue weighted by atomic mass is 10.1. The average Bonchev–Trinajstić information content (AvgIpc) is 2.78. The zero-order valence-electron chi connectivity index (χ0n) is 8.93. The molecule has 0 saturated heterocycles. The normalized spacial score (nSPS) is 10.1. The largest absolute Gasteiger partial charge is 0.464 e. The highest BCUT2D eigenvalue weighted by Gasteiger charge is 2.08. The Labute approximate surface area is 93.3 Å². The number of carbonyl (C=O) groups is 1. The van der Waals surface area contributed by atoms with E-state index in [1.807, 2.05) is 18.3 Å². The van der Waals surface area contributed by atoms with Crippen LogP contribution in [0.4, 0.5) is 0 Å². The number of esters is 1. The van der Waals surface area contributed by atoms with Crippen molar-refractivity contribution in [2.45, 2.75) is 6.42 Å². The van der Waals surface area contributed by atoms with Crippen molar-refractivity contribution in [1.29, 1.82) is 0 Å². The third kappa shape index (κ3) is 2.28. The van der Waals surface area contributed by atoms with Gasteiger partial charge in [0.05, 0.1) is 7.11 Å². The summed E-state index contributed by atoms with van der Waals surface area (Å²) < 4.78 is 4.62. The highest BCUT2D eigenvalue weighted by molar-refractivity contribution is 5.87.